The molecule has 0 aliphatic heterocycles. The summed E-state index contributed by atoms with van der Waals surface area (Å²) in [5, 5.41) is 0. The Morgan fingerprint density at radius 3 is 1.75 bits per heavy atom. The Morgan fingerprint density at radius 2 is 1.33 bits per heavy atom. The Bertz CT molecular complexity index is 753. The molecule has 0 saturated carbocycles. The van der Waals surface area contributed by atoms with Crippen LogP contribution in [0.15, 0.2) is 53.4 Å². The highest BCUT2D eigenvalue weighted by Gasteiger charge is 2.25. The van der Waals surface area contributed by atoms with Gasteiger partial charge in [0.15, 0.2) is 0 Å². The van der Waals surface area contributed by atoms with Crippen LogP contribution in [0.3, 0.4) is 0 Å². The standard InChI is InChI=1S/C18H23NO4S/c1-14(2)13-19(15-5-7-16(22-3)8-6-15)24(20,21)18-11-9-17(23-4)10-12-18/h5-12,14H,13H2,1-4H3. The molecule has 0 saturated heterocycles. The van der Waals surface area contributed by atoms with Gasteiger partial charge in [-0.2, -0.15) is 0 Å². The van der Waals surface area contributed by atoms with Gasteiger partial charge in [-0.3, -0.25) is 4.31 Å². The number of methoxy groups -OCH3 is 2. The van der Waals surface area contributed by atoms with Gasteiger partial charge in [-0.05, 0) is 54.4 Å². The van der Waals surface area contributed by atoms with Crippen LogP contribution in [-0.4, -0.2) is 29.2 Å². The van der Waals surface area contributed by atoms with Crippen molar-refractivity contribution in [3.63, 3.8) is 0 Å². The highest BCUT2D eigenvalue weighted by molar-refractivity contribution is 7.92. The average molecular weight is 349 g/mol. The summed E-state index contributed by atoms with van der Waals surface area (Å²) in [6, 6.07) is 13.4. The molecule has 0 spiro atoms. The first-order chi connectivity index (χ1) is 11.4. The van der Waals surface area contributed by atoms with E-state index in [0.717, 1.165) is 0 Å². The van der Waals surface area contributed by atoms with E-state index in [2.05, 4.69) is 0 Å². The fourth-order valence-electron chi connectivity index (χ4n) is 2.30. The van der Waals surface area contributed by atoms with Gasteiger partial charge in [0.2, 0.25) is 0 Å². The van der Waals surface area contributed by atoms with E-state index in [1.807, 2.05) is 13.8 Å². The van der Waals surface area contributed by atoms with Crippen molar-refractivity contribution < 1.29 is 17.9 Å². The summed E-state index contributed by atoms with van der Waals surface area (Å²) in [7, 11) is -0.531. The summed E-state index contributed by atoms with van der Waals surface area (Å²) in [6.07, 6.45) is 0. The van der Waals surface area contributed by atoms with Crippen LogP contribution in [0, 0.1) is 5.92 Å². The zero-order valence-corrected chi connectivity index (χ0v) is 15.2. The van der Waals surface area contributed by atoms with Crippen LogP contribution < -0.4 is 13.8 Å². The number of ether oxygens (including phenoxy) is 2. The molecule has 2 aromatic carbocycles. The molecule has 0 bridgehead atoms. The molecule has 5 nitrogen and oxygen atoms in total. The van der Waals surface area contributed by atoms with E-state index in [1.165, 1.54) is 4.31 Å². The molecule has 0 N–H and O–H groups in total. The molecule has 0 heterocycles. The van der Waals surface area contributed by atoms with Gasteiger partial charge in [-0.15, -0.1) is 0 Å². The lowest BCUT2D eigenvalue weighted by molar-refractivity contribution is 0.414. The lowest BCUT2D eigenvalue weighted by Gasteiger charge is -2.26. The molecule has 130 valence electrons. The van der Waals surface area contributed by atoms with Crippen molar-refractivity contribution in [3.05, 3.63) is 48.5 Å². The number of benzene rings is 2. The monoisotopic (exact) mass is 349 g/mol. The van der Waals surface area contributed by atoms with Gasteiger partial charge in [0.1, 0.15) is 11.5 Å². The van der Waals surface area contributed by atoms with E-state index < -0.39 is 10.0 Å². The predicted octanol–water partition coefficient (Wildman–Crippen LogP) is 3.56. The van der Waals surface area contributed by atoms with Crippen molar-refractivity contribution in [2.75, 3.05) is 25.1 Å². The van der Waals surface area contributed by atoms with Crippen molar-refractivity contribution in [3.8, 4) is 11.5 Å². The first kappa shape index (κ1) is 18.1. The Kier molecular flexibility index (Phi) is 5.72. The second kappa shape index (κ2) is 7.57. The van der Waals surface area contributed by atoms with E-state index in [9.17, 15) is 8.42 Å². The SMILES string of the molecule is COc1ccc(N(CC(C)C)S(=O)(=O)c2ccc(OC)cc2)cc1. The van der Waals surface area contributed by atoms with Gasteiger partial charge >= 0.3 is 0 Å². The molecule has 0 amide bonds. The highest BCUT2D eigenvalue weighted by Crippen LogP contribution is 2.27. The van der Waals surface area contributed by atoms with Crippen LogP contribution in [0.4, 0.5) is 5.69 Å². The maximum Gasteiger partial charge on any atom is 0.264 e. The minimum Gasteiger partial charge on any atom is -0.497 e. The molecular weight excluding hydrogens is 326 g/mol. The zero-order chi connectivity index (χ0) is 17.7. The summed E-state index contributed by atoms with van der Waals surface area (Å²) in [5.74, 6) is 1.49. The van der Waals surface area contributed by atoms with Gasteiger partial charge in [0.25, 0.3) is 10.0 Å². The Balaban J connectivity index is 2.44. The number of anilines is 1. The average Bonchev–Trinajstić information content (AvgIpc) is 2.59. The zero-order valence-electron chi connectivity index (χ0n) is 14.4. The van der Waals surface area contributed by atoms with E-state index >= 15 is 0 Å². The van der Waals surface area contributed by atoms with Crippen LogP contribution in [0.2, 0.25) is 0 Å². The molecule has 0 aromatic heterocycles. The number of rotatable bonds is 7. The molecule has 2 rings (SSSR count). The van der Waals surface area contributed by atoms with Crippen LogP contribution >= 0.6 is 0 Å². The van der Waals surface area contributed by atoms with Crippen molar-refractivity contribution in [2.24, 2.45) is 5.92 Å². The minimum atomic E-state index is -3.66. The molecular formula is C18H23NO4S. The summed E-state index contributed by atoms with van der Waals surface area (Å²) in [5.41, 5.74) is 0.611. The number of hydrogen-bond donors (Lipinski definition) is 0. The van der Waals surface area contributed by atoms with Crippen LogP contribution in [-0.2, 0) is 10.0 Å². The van der Waals surface area contributed by atoms with Gasteiger partial charge in [-0.1, -0.05) is 13.8 Å². The van der Waals surface area contributed by atoms with Crippen LogP contribution in [0.1, 0.15) is 13.8 Å². The first-order valence-electron chi connectivity index (χ1n) is 7.69. The van der Waals surface area contributed by atoms with Crippen molar-refractivity contribution in [1.29, 1.82) is 0 Å². The van der Waals surface area contributed by atoms with Gasteiger partial charge in [-0.25, -0.2) is 8.42 Å². The van der Waals surface area contributed by atoms with Crippen LogP contribution in [0.5, 0.6) is 11.5 Å². The number of nitrogens with zero attached hydrogens (tertiary/aromatic N) is 1. The smallest absolute Gasteiger partial charge is 0.264 e. The van der Waals surface area contributed by atoms with Crippen molar-refractivity contribution in [1.82, 2.24) is 0 Å². The Labute approximate surface area is 143 Å². The third-order valence-corrected chi connectivity index (χ3v) is 5.35. The first-order valence-corrected chi connectivity index (χ1v) is 9.13. The topological polar surface area (TPSA) is 55.8 Å². The molecule has 2 aromatic rings. The predicted molar refractivity (Wildman–Crippen MR) is 95.4 cm³/mol. The fourth-order valence-corrected chi connectivity index (χ4v) is 3.93. The highest BCUT2D eigenvalue weighted by atomic mass is 32.2. The van der Waals surface area contributed by atoms with Crippen molar-refractivity contribution >= 4 is 15.7 Å². The second-order valence-corrected chi connectivity index (χ2v) is 7.67. The molecule has 0 atom stereocenters. The molecule has 0 aliphatic rings. The van der Waals surface area contributed by atoms with E-state index in [4.69, 9.17) is 9.47 Å². The summed E-state index contributed by atoms with van der Waals surface area (Å²) in [6.45, 7) is 4.36. The lowest BCUT2D eigenvalue weighted by atomic mass is 10.2. The largest absolute Gasteiger partial charge is 0.497 e. The molecule has 0 unspecified atom stereocenters. The normalized spacial score (nSPS) is 11.4. The molecule has 24 heavy (non-hydrogen) atoms. The third-order valence-electron chi connectivity index (χ3n) is 3.54. The summed E-state index contributed by atoms with van der Waals surface area (Å²) >= 11 is 0. The minimum absolute atomic E-state index is 0.181. The molecule has 6 heteroatoms. The fraction of sp³-hybridized carbons (Fsp3) is 0.333. The summed E-state index contributed by atoms with van der Waals surface area (Å²) in [4.78, 5) is 0.236. The molecule has 0 aliphatic carbocycles. The van der Waals surface area contributed by atoms with Gasteiger partial charge in [0.05, 0.1) is 24.8 Å². The van der Waals surface area contributed by atoms with Crippen molar-refractivity contribution in [2.45, 2.75) is 18.7 Å². The maximum atomic E-state index is 13.1. The number of sulfonamides is 1. The Morgan fingerprint density at radius 1 is 0.875 bits per heavy atom. The molecule has 0 fully saturated rings. The van der Waals surface area contributed by atoms with E-state index in [-0.39, 0.29) is 10.8 Å². The molecule has 0 radical (unpaired) electrons. The number of hydrogen-bond acceptors (Lipinski definition) is 4. The van der Waals surface area contributed by atoms with E-state index in [1.54, 1.807) is 62.8 Å². The summed E-state index contributed by atoms with van der Waals surface area (Å²) < 4.78 is 37.8. The second-order valence-electron chi connectivity index (χ2n) is 5.80. The maximum absolute atomic E-state index is 13.1. The van der Waals surface area contributed by atoms with Gasteiger partial charge < -0.3 is 9.47 Å². The van der Waals surface area contributed by atoms with Gasteiger partial charge in [0, 0.05) is 6.54 Å². The lowest BCUT2D eigenvalue weighted by Crippen LogP contribution is -2.34. The van der Waals surface area contributed by atoms with Crippen LogP contribution in [0.25, 0.3) is 0 Å². The third kappa shape index (κ3) is 4.00. The quantitative estimate of drug-likeness (QED) is 0.767. The Hall–Kier alpha value is -2.21. The van der Waals surface area contributed by atoms with E-state index in [0.29, 0.717) is 23.7 Å².